The van der Waals surface area contributed by atoms with E-state index in [1.54, 1.807) is 0 Å². The number of nitrogens with one attached hydrogen (secondary N) is 1. The van der Waals surface area contributed by atoms with Gasteiger partial charge in [-0.2, -0.15) is 0 Å². The quantitative estimate of drug-likeness (QED) is 0.814. The second-order valence-corrected chi connectivity index (χ2v) is 6.42. The standard InChI is InChI=1S/C19H26N4O/c24-11-10-23-8-6-16(7-9-23)12-20-13-17-14-21-19(22-15-17)18-4-2-1-3-5-18/h1-5,14-16,20,24H,6-13H2. The molecule has 5 heteroatoms. The van der Waals surface area contributed by atoms with Crippen molar-refractivity contribution in [3.8, 4) is 11.4 Å². The number of aromatic nitrogens is 2. The molecule has 2 heterocycles. The first-order valence-corrected chi connectivity index (χ1v) is 8.75. The highest BCUT2D eigenvalue weighted by Crippen LogP contribution is 2.16. The van der Waals surface area contributed by atoms with Gasteiger partial charge >= 0.3 is 0 Å². The Balaban J connectivity index is 1.41. The van der Waals surface area contributed by atoms with Crippen LogP contribution >= 0.6 is 0 Å². The molecule has 0 aliphatic carbocycles. The van der Waals surface area contributed by atoms with Crippen LogP contribution in [0.4, 0.5) is 0 Å². The molecule has 0 atom stereocenters. The van der Waals surface area contributed by atoms with Crippen molar-refractivity contribution in [2.75, 3.05) is 32.8 Å². The Kier molecular flexibility index (Phi) is 6.29. The molecule has 2 aromatic rings. The zero-order valence-corrected chi connectivity index (χ0v) is 14.1. The predicted octanol–water partition coefficient (Wildman–Crippen LogP) is 1.94. The minimum atomic E-state index is 0.266. The van der Waals surface area contributed by atoms with Crippen molar-refractivity contribution in [1.29, 1.82) is 0 Å². The SMILES string of the molecule is OCCN1CCC(CNCc2cnc(-c3ccccc3)nc2)CC1. The molecule has 0 radical (unpaired) electrons. The first kappa shape index (κ1) is 17.0. The third kappa shape index (κ3) is 4.84. The van der Waals surface area contributed by atoms with Crippen molar-refractivity contribution in [2.24, 2.45) is 5.92 Å². The molecule has 24 heavy (non-hydrogen) atoms. The highest BCUT2D eigenvalue weighted by molar-refractivity contribution is 5.53. The fraction of sp³-hybridized carbons (Fsp3) is 0.474. The number of rotatable bonds is 7. The molecule has 1 fully saturated rings. The first-order chi connectivity index (χ1) is 11.8. The number of hydrogen-bond donors (Lipinski definition) is 2. The van der Waals surface area contributed by atoms with Gasteiger partial charge in [0, 0.05) is 36.6 Å². The van der Waals surface area contributed by atoms with Crippen LogP contribution in [0.1, 0.15) is 18.4 Å². The molecular formula is C19H26N4O. The van der Waals surface area contributed by atoms with Gasteiger partial charge in [0.2, 0.25) is 0 Å². The number of piperidine rings is 1. The van der Waals surface area contributed by atoms with Gasteiger partial charge < -0.3 is 15.3 Å². The smallest absolute Gasteiger partial charge is 0.159 e. The third-order valence-electron chi connectivity index (χ3n) is 4.62. The summed E-state index contributed by atoms with van der Waals surface area (Å²) < 4.78 is 0. The van der Waals surface area contributed by atoms with E-state index in [4.69, 9.17) is 5.11 Å². The largest absolute Gasteiger partial charge is 0.395 e. The fourth-order valence-electron chi connectivity index (χ4n) is 3.16. The average molecular weight is 326 g/mol. The second-order valence-electron chi connectivity index (χ2n) is 6.42. The van der Waals surface area contributed by atoms with E-state index in [9.17, 15) is 0 Å². The van der Waals surface area contributed by atoms with Crippen molar-refractivity contribution in [3.05, 3.63) is 48.3 Å². The Morgan fingerprint density at radius 3 is 2.46 bits per heavy atom. The first-order valence-electron chi connectivity index (χ1n) is 8.75. The Morgan fingerprint density at radius 1 is 1.08 bits per heavy atom. The van der Waals surface area contributed by atoms with E-state index in [1.807, 2.05) is 42.7 Å². The topological polar surface area (TPSA) is 61.3 Å². The number of benzene rings is 1. The van der Waals surface area contributed by atoms with Gasteiger partial charge in [0.1, 0.15) is 0 Å². The monoisotopic (exact) mass is 326 g/mol. The van der Waals surface area contributed by atoms with Gasteiger partial charge in [-0.3, -0.25) is 0 Å². The zero-order valence-electron chi connectivity index (χ0n) is 14.1. The minimum absolute atomic E-state index is 0.266. The van der Waals surface area contributed by atoms with Crippen LogP contribution in [0.2, 0.25) is 0 Å². The lowest BCUT2D eigenvalue weighted by atomic mass is 9.97. The highest BCUT2D eigenvalue weighted by atomic mass is 16.3. The van der Waals surface area contributed by atoms with Crippen LogP contribution in [0.5, 0.6) is 0 Å². The van der Waals surface area contributed by atoms with E-state index in [1.165, 1.54) is 12.8 Å². The zero-order chi connectivity index (χ0) is 16.6. The van der Waals surface area contributed by atoms with E-state index in [0.29, 0.717) is 0 Å². The molecule has 1 aliphatic heterocycles. The van der Waals surface area contributed by atoms with Crippen molar-refractivity contribution in [1.82, 2.24) is 20.2 Å². The van der Waals surface area contributed by atoms with E-state index in [0.717, 1.165) is 55.6 Å². The Morgan fingerprint density at radius 2 is 1.79 bits per heavy atom. The molecule has 5 nitrogen and oxygen atoms in total. The fourth-order valence-corrected chi connectivity index (χ4v) is 3.16. The number of likely N-dealkylation sites (tertiary alicyclic amines) is 1. The molecule has 1 saturated heterocycles. The molecule has 0 amide bonds. The van der Waals surface area contributed by atoms with Crippen molar-refractivity contribution < 1.29 is 5.11 Å². The molecule has 0 saturated carbocycles. The molecule has 0 unspecified atom stereocenters. The Bertz CT molecular complexity index is 595. The molecule has 0 spiro atoms. The highest BCUT2D eigenvalue weighted by Gasteiger charge is 2.18. The molecule has 3 rings (SSSR count). The lowest BCUT2D eigenvalue weighted by molar-refractivity contribution is 0.146. The van der Waals surface area contributed by atoms with Crippen molar-refractivity contribution in [3.63, 3.8) is 0 Å². The van der Waals surface area contributed by atoms with Gasteiger partial charge in [-0.15, -0.1) is 0 Å². The van der Waals surface area contributed by atoms with Crippen LogP contribution in [0.3, 0.4) is 0 Å². The summed E-state index contributed by atoms with van der Waals surface area (Å²) in [5, 5.41) is 12.5. The van der Waals surface area contributed by atoms with Gasteiger partial charge in [0.05, 0.1) is 6.61 Å². The van der Waals surface area contributed by atoms with E-state index in [2.05, 4.69) is 20.2 Å². The predicted molar refractivity (Wildman–Crippen MR) is 95.4 cm³/mol. The molecule has 1 aromatic heterocycles. The molecule has 128 valence electrons. The van der Waals surface area contributed by atoms with Gasteiger partial charge in [-0.1, -0.05) is 30.3 Å². The summed E-state index contributed by atoms with van der Waals surface area (Å²) in [5.74, 6) is 1.50. The maximum Gasteiger partial charge on any atom is 0.159 e. The number of nitrogens with zero attached hydrogens (tertiary/aromatic N) is 3. The van der Waals surface area contributed by atoms with E-state index >= 15 is 0 Å². The lowest BCUT2D eigenvalue weighted by Gasteiger charge is -2.31. The van der Waals surface area contributed by atoms with Crippen LogP contribution in [-0.4, -0.2) is 52.8 Å². The summed E-state index contributed by atoms with van der Waals surface area (Å²) >= 11 is 0. The van der Waals surface area contributed by atoms with Gasteiger partial charge in [-0.25, -0.2) is 9.97 Å². The maximum absolute atomic E-state index is 8.98. The molecule has 0 bridgehead atoms. The molecule has 1 aliphatic rings. The van der Waals surface area contributed by atoms with Crippen LogP contribution in [0.25, 0.3) is 11.4 Å². The number of hydrogen-bond acceptors (Lipinski definition) is 5. The Labute approximate surface area is 143 Å². The van der Waals surface area contributed by atoms with Gasteiger partial charge in [0.25, 0.3) is 0 Å². The summed E-state index contributed by atoms with van der Waals surface area (Å²) in [6.45, 7) is 5.12. The maximum atomic E-state index is 8.98. The molecule has 2 N–H and O–H groups in total. The van der Waals surface area contributed by atoms with Crippen molar-refractivity contribution >= 4 is 0 Å². The van der Waals surface area contributed by atoms with Crippen LogP contribution in [-0.2, 0) is 6.54 Å². The van der Waals surface area contributed by atoms with Crippen LogP contribution < -0.4 is 5.32 Å². The summed E-state index contributed by atoms with van der Waals surface area (Å²) in [4.78, 5) is 11.3. The Hall–Kier alpha value is -1.82. The molecule has 1 aromatic carbocycles. The third-order valence-corrected chi connectivity index (χ3v) is 4.62. The van der Waals surface area contributed by atoms with Crippen LogP contribution in [0.15, 0.2) is 42.7 Å². The second kappa shape index (κ2) is 8.87. The van der Waals surface area contributed by atoms with Gasteiger partial charge in [-0.05, 0) is 38.4 Å². The lowest BCUT2D eigenvalue weighted by Crippen LogP contribution is -2.38. The minimum Gasteiger partial charge on any atom is -0.395 e. The molecular weight excluding hydrogens is 300 g/mol. The van der Waals surface area contributed by atoms with Crippen LogP contribution in [0, 0.1) is 5.92 Å². The summed E-state index contributed by atoms with van der Waals surface area (Å²) in [6.07, 6.45) is 6.23. The van der Waals surface area contributed by atoms with Crippen molar-refractivity contribution in [2.45, 2.75) is 19.4 Å². The number of aliphatic hydroxyl groups is 1. The summed E-state index contributed by atoms with van der Waals surface area (Å²) in [7, 11) is 0. The summed E-state index contributed by atoms with van der Waals surface area (Å²) in [5.41, 5.74) is 2.17. The number of aliphatic hydroxyl groups excluding tert-OH is 1. The normalized spacial score (nSPS) is 16.4. The number of β-amino-alcohol motifs (C(OH)–C–C–N with tert-alkyl or cyclic N) is 1. The van der Waals surface area contributed by atoms with Gasteiger partial charge in [0.15, 0.2) is 5.82 Å². The van der Waals surface area contributed by atoms with E-state index in [-0.39, 0.29) is 6.61 Å². The van der Waals surface area contributed by atoms with E-state index < -0.39 is 0 Å². The average Bonchev–Trinajstić information content (AvgIpc) is 2.65. The summed E-state index contributed by atoms with van der Waals surface area (Å²) in [6, 6.07) is 10.0.